The summed E-state index contributed by atoms with van der Waals surface area (Å²) >= 11 is 5.72. The lowest BCUT2D eigenvalue weighted by Crippen LogP contribution is -2.15. The van der Waals surface area contributed by atoms with Gasteiger partial charge in [0.15, 0.2) is 0 Å². The van der Waals surface area contributed by atoms with Crippen molar-refractivity contribution in [1.82, 2.24) is 0 Å². The summed E-state index contributed by atoms with van der Waals surface area (Å²) in [6, 6.07) is 9.91. The fraction of sp³-hybridized carbons (Fsp3) is 0.462. The van der Waals surface area contributed by atoms with Gasteiger partial charge in [0, 0.05) is 0 Å². The first-order valence-electron chi connectivity index (χ1n) is 5.53. The molecular formula is C13H15ClO. The summed E-state index contributed by atoms with van der Waals surface area (Å²) < 4.78 is 0. The summed E-state index contributed by atoms with van der Waals surface area (Å²) in [4.78, 5) is 11.5. The van der Waals surface area contributed by atoms with Crippen LogP contribution in [0.1, 0.15) is 37.2 Å². The molecule has 0 N–H and O–H groups in total. The van der Waals surface area contributed by atoms with E-state index >= 15 is 0 Å². The van der Waals surface area contributed by atoms with Crippen LogP contribution >= 0.6 is 11.6 Å². The minimum Gasteiger partial charge on any atom is -0.281 e. The molecule has 80 valence electrons. The second-order valence-corrected chi connectivity index (χ2v) is 4.61. The number of halogens is 1. The smallest absolute Gasteiger partial charge is 0.229 e. The second kappa shape index (κ2) is 4.80. The summed E-state index contributed by atoms with van der Waals surface area (Å²) in [5.41, 5.74) is 1.07. The van der Waals surface area contributed by atoms with Crippen LogP contribution in [0.2, 0.25) is 0 Å². The quantitative estimate of drug-likeness (QED) is 0.713. The van der Waals surface area contributed by atoms with Gasteiger partial charge in [0.05, 0.1) is 5.92 Å². The van der Waals surface area contributed by atoms with Crippen LogP contribution in [0.15, 0.2) is 30.3 Å². The van der Waals surface area contributed by atoms with Gasteiger partial charge in [-0.15, -0.1) is 0 Å². The van der Waals surface area contributed by atoms with Crippen molar-refractivity contribution in [3.05, 3.63) is 35.9 Å². The Bertz CT molecular complexity index is 328. The van der Waals surface area contributed by atoms with E-state index in [0.717, 1.165) is 18.4 Å². The molecule has 0 heterocycles. The van der Waals surface area contributed by atoms with E-state index in [1.807, 2.05) is 30.3 Å². The highest BCUT2D eigenvalue weighted by atomic mass is 35.5. The zero-order chi connectivity index (χ0) is 10.7. The highest BCUT2D eigenvalue weighted by molar-refractivity contribution is 6.64. The van der Waals surface area contributed by atoms with Crippen LogP contribution in [0.4, 0.5) is 0 Å². The molecule has 0 radical (unpaired) electrons. The predicted octanol–water partition coefficient (Wildman–Crippen LogP) is 3.73. The van der Waals surface area contributed by atoms with Gasteiger partial charge in [0.25, 0.3) is 0 Å². The van der Waals surface area contributed by atoms with Gasteiger partial charge in [-0.05, 0) is 35.9 Å². The lowest BCUT2D eigenvalue weighted by Gasteiger charge is -2.19. The average molecular weight is 223 g/mol. The van der Waals surface area contributed by atoms with Crippen LogP contribution in [0.5, 0.6) is 0 Å². The van der Waals surface area contributed by atoms with Gasteiger partial charge < -0.3 is 0 Å². The van der Waals surface area contributed by atoms with E-state index in [0.29, 0.717) is 5.92 Å². The largest absolute Gasteiger partial charge is 0.281 e. The number of rotatable bonds is 3. The van der Waals surface area contributed by atoms with Crippen molar-refractivity contribution in [1.29, 1.82) is 0 Å². The van der Waals surface area contributed by atoms with Gasteiger partial charge in [-0.3, -0.25) is 4.79 Å². The van der Waals surface area contributed by atoms with Crippen LogP contribution < -0.4 is 0 Å². The molecule has 1 aliphatic carbocycles. The van der Waals surface area contributed by atoms with Crippen molar-refractivity contribution in [3.8, 4) is 0 Å². The maximum Gasteiger partial charge on any atom is 0.229 e. The third-order valence-electron chi connectivity index (χ3n) is 3.27. The summed E-state index contributed by atoms with van der Waals surface area (Å²) in [6.07, 6.45) is 4.74. The Balaban J connectivity index is 2.23. The molecule has 1 aliphatic rings. The zero-order valence-corrected chi connectivity index (χ0v) is 9.41. The van der Waals surface area contributed by atoms with E-state index in [1.54, 1.807) is 0 Å². The number of hydrogen-bond acceptors (Lipinski definition) is 1. The van der Waals surface area contributed by atoms with Crippen molar-refractivity contribution in [2.24, 2.45) is 5.92 Å². The molecular weight excluding hydrogens is 208 g/mol. The summed E-state index contributed by atoms with van der Waals surface area (Å²) in [5, 5.41) is -0.201. The zero-order valence-electron chi connectivity index (χ0n) is 8.66. The van der Waals surface area contributed by atoms with E-state index in [2.05, 4.69) is 0 Å². The number of carbonyl (C=O) groups is 1. The third kappa shape index (κ3) is 2.40. The molecule has 0 spiro atoms. The molecule has 1 aromatic carbocycles. The van der Waals surface area contributed by atoms with Gasteiger partial charge in [0.1, 0.15) is 0 Å². The lowest BCUT2D eigenvalue weighted by molar-refractivity contribution is -0.114. The van der Waals surface area contributed by atoms with Crippen molar-refractivity contribution in [3.63, 3.8) is 0 Å². The van der Waals surface area contributed by atoms with Gasteiger partial charge >= 0.3 is 0 Å². The van der Waals surface area contributed by atoms with Crippen molar-refractivity contribution < 1.29 is 4.79 Å². The first-order valence-corrected chi connectivity index (χ1v) is 5.91. The Morgan fingerprint density at radius 3 is 2.33 bits per heavy atom. The molecule has 0 amide bonds. The van der Waals surface area contributed by atoms with Gasteiger partial charge in [-0.25, -0.2) is 0 Å². The maximum atomic E-state index is 11.5. The fourth-order valence-electron chi connectivity index (χ4n) is 2.54. The van der Waals surface area contributed by atoms with Crippen molar-refractivity contribution in [2.45, 2.75) is 31.6 Å². The minimum atomic E-state index is -0.201. The van der Waals surface area contributed by atoms with Crippen LogP contribution in [0.25, 0.3) is 0 Å². The Kier molecular flexibility index (Phi) is 3.42. The number of carbonyl (C=O) groups excluding carboxylic acids is 1. The Morgan fingerprint density at radius 1 is 1.20 bits per heavy atom. The average Bonchev–Trinajstić information content (AvgIpc) is 2.72. The molecule has 0 aliphatic heterocycles. The van der Waals surface area contributed by atoms with Crippen molar-refractivity contribution in [2.75, 3.05) is 0 Å². The van der Waals surface area contributed by atoms with Gasteiger partial charge in [-0.1, -0.05) is 43.2 Å². The topological polar surface area (TPSA) is 17.1 Å². The lowest BCUT2D eigenvalue weighted by atomic mass is 9.86. The van der Waals surface area contributed by atoms with Crippen molar-refractivity contribution >= 4 is 16.8 Å². The molecule has 1 atom stereocenters. The number of benzene rings is 1. The monoisotopic (exact) mass is 222 g/mol. The van der Waals surface area contributed by atoms with E-state index < -0.39 is 0 Å². The number of hydrogen-bond donors (Lipinski definition) is 0. The molecule has 0 bridgehead atoms. The summed E-state index contributed by atoms with van der Waals surface area (Å²) in [6.45, 7) is 0. The SMILES string of the molecule is O=C(Cl)[C@@H](c1ccccc1)C1CCCC1. The molecule has 1 nitrogen and oxygen atoms in total. The van der Waals surface area contributed by atoms with E-state index in [1.165, 1.54) is 12.8 Å². The molecule has 2 rings (SSSR count). The van der Waals surface area contributed by atoms with E-state index in [9.17, 15) is 4.79 Å². The first kappa shape index (κ1) is 10.7. The third-order valence-corrected chi connectivity index (χ3v) is 3.51. The molecule has 0 aromatic heterocycles. The molecule has 0 unspecified atom stereocenters. The standard InChI is InChI=1S/C13H15ClO/c14-13(15)12(11-8-4-5-9-11)10-6-2-1-3-7-10/h1-3,6-7,11-12H,4-5,8-9H2/t12-/m0/s1. The summed E-state index contributed by atoms with van der Waals surface area (Å²) in [5.74, 6) is 0.368. The molecule has 0 saturated heterocycles. The fourth-order valence-corrected chi connectivity index (χ4v) is 2.84. The normalized spacial score (nSPS) is 19.0. The molecule has 1 saturated carbocycles. The first-order chi connectivity index (χ1) is 7.29. The predicted molar refractivity (Wildman–Crippen MR) is 62.0 cm³/mol. The molecule has 1 fully saturated rings. The van der Waals surface area contributed by atoms with E-state index in [-0.39, 0.29) is 11.2 Å². The van der Waals surface area contributed by atoms with Crippen LogP contribution in [-0.4, -0.2) is 5.24 Å². The van der Waals surface area contributed by atoms with Gasteiger partial charge in [-0.2, -0.15) is 0 Å². The second-order valence-electron chi connectivity index (χ2n) is 4.24. The summed E-state index contributed by atoms with van der Waals surface area (Å²) in [7, 11) is 0. The molecule has 1 aromatic rings. The van der Waals surface area contributed by atoms with Crippen LogP contribution in [0.3, 0.4) is 0 Å². The maximum absolute atomic E-state index is 11.5. The van der Waals surface area contributed by atoms with Crippen LogP contribution in [0, 0.1) is 5.92 Å². The Labute approximate surface area is 95.4 Å². The minimum absolute atomic E-state index is 0.0876. The van der Waals surface area contributed by atoms with Crippen LogP contribution in [-0.2, 0) is 4.79 Å². The van der Waals surface area contributed by atoms with Gasteiger partial charge in [0.2, 0.25) is 5.24 Å². The highest BCUT2D eigenvalue weighted by Gasteiger charge is 2.30. The Morgan fingerprint density at radius 2 is 1.80 bits per heavy atom. The Hall–Kier alpha value is -0.820. The van der Waals surface area contributed by atoms with E-state index in [4.69, 9.17) is 11.6 Å². The highest BCUT2D eigenvalue weighted by Crippen LogP contribution is 2.38. The molecule has 2 heteroatoms. The molecule has 15 heavy (non-hydrogen) atoms.